The lowest BCUT2D eigenvalue weighted by atomic mass is 10.1. The number of rotatable bonds is 7. The first kappa shape index (κ1) is 22.6. The Balaban J connectivity index is 1.16. The molecule has 0 atom stereocenters. The molecule has 0 spiro atoms. The van der Waals surface area contributed by atoms with E-state index in [-0.39, 0.29) is 5.91 Å². The van der Waals surface area contributed by atoms with Crippen molar-refractivity contribution in [3.63, 3.8) is 0 Å². The fourth-order valence-corrected chi connectivity index (χ4v) is 4.21. The number of hydrogen-bond acceptors (Lipinski definition) is 4. The molecule has 1 saturated heterocycles. The molecule has 1 amide bonds. The molecule has 174 valence electrons. The van der Waals surface area contributed by atoms with Gasteiger partial charge in [-0.05, 0) is 42.7 Å². The fraction of sp³-hybridized carbons (Fsp3) is 0.400. The van der Waals surface area contributed by atoms with Crippen LogP contribution in [-0.2, 0) is 11.2 Å². The molecule has 2 aromatic heterocycles. The van der Waals surface area contributed by atoms with Crippen molar-refractivity contribution in [3.05, 3.63) is 59.9 Å². The smallest absolute Gasteiger partial charge is 0.224 e. The van der Waals surface area contributed by atoms with Crippen LogP contribution in [0.25, 0.3) is 10.9 Å². The standard InChI is InChI=1S/C25H33N7O/c1-19-6-7-21-20(18-30-22(21)17-19)8-11-28-25(26-2)29-12-9-24(33)32-15-13-31(14-16-32)23-5-3-4-10-27-23/h3-7,10,17-18,30H,8-9,11-16H2,1-2H3,(H2,26,28,29). The van der Waals surface area contributed by atoms with Gasteiger partial charge in [0.1, 0.15) is 5.82 Å². The van der Waals surface area contributed by atoms with Gasteiger partial charge in [0.25, 0.3) is 0 Å². The lowest BCUT2D eigenvalue weighted by Crippen LogP contribution is -2.49. The molecule has 0 radical (unpaired) electrons. The summed E-state index contributed by atoms with van der Waals surface area (Å²) >= 11 is 0. The molecule has 3 heterocycles. The Bertz CT molecular complexity index is 1080. The number of benzene rings is 1. The Morgan fingerprint density at radius 2 is 1.94 bits per heavy atom. The molecule has 33 heavy (non-hydrogen) atoms. The number of fused-ring (bicyclic) bond motifs is 1. The van der Waals surface area contributed by atoms with E-state index in [2.05, 4.69) is 61.8 Å². The van der Waals surface area contributed by atoms with Crippen molar-refractivity contribution in [2.75, 3.05) is 51.2 Å². The number of H-pyrrole nitrogens is 1. The fourth-order valence-electron chi connectivity index (χ4n) is 4.21. The zero-order valence-corrected chi connectivity index (χ0v) is 19.5. The summed E-state index contributed by atoms with van der Waals surface area (Å²) in [5, 5.41) is 7.87. The highest BCUT2D eigenvalue weighted by Crippen LogP contribution is 2.19. The lowest BCUT2D eigenvalue weighted by Gasteiger charge is -2.35. The van der Waals surface area contributed by atoms with Gasteiger partial charge in [-0.2, -0.15) is 0 Å². The molecule has 0 aliphatic carbocycles. The van der Waals surface area contributed by atoms with Gasteiger partial charge in [-0.3, -0.25) is 9.79 Å². The van der Waals surface area contributed by atoms with E-state index in [0.717, 1.165) is 50.9 Å². The molecule has 4 rings (SSSR count). The van der Waals surface area contributed by atoms with Gasteiger partial charge in [0.2, 0.25) is 5.91 Å². The van der Waals surface area contributed by atoms with Crippen LogP contribution in [0.2, 0.25) is 0 Å². The van der Waals surface area contributed by atoms with Gasteiger partial charge in [0, 0.05) is 76.0 Å². The number of aromatic nitrogens is 2. The van der Waals surface area contributed by atoms with E-state index in [4.69, 9.17) is 0 Å². The summed E-state index contributed by atoms with van der Waals surface area (Å²) < 4.78 is 0. The Hall–Kier alpha value is -3.55. The van der Waals surface area contributed by atoms with Crippen molar-refractivity contribution < 1.29 is 4.79 Å². The summed E-state index contributed by atoms with van der Waals surface area (Å²) in [4.78, 5) is 28.8. The average Bonchev–Trinajstić information content (AvgIpc) is 3.25. The van der Waals surface area contributed by atoms with E-state index < -0.39 is 0 Å². The van der Waals surface area contributed by atoms with Crippen LogP contribution in [0.15, 0.2) is 53.8 Å². The third kappa shape index (κ3) is 5.83. The predicted molar refractivity (Wildman–Crippen MR) is 134 cm³/mol. The van der Waals surface area contributed by atoms with E-state index in [1.807, 2.05) is 23.1 Å². The summed E-state index contributed by atoms with van der Waals surface area (Å²) in [5.74, 6) is 1.87. The number of carbonyl (C=O) groups is 1. The third-order valence-electron chi connectivity index (χ3n) is 6.07. The number of guanidine groups is 1. The van der Waals surface area contributed by atoms with Crippen LogP contribution < -0.4 is 15.5 Å². The van der Waals surface area contributed by atoms with Crippen LogP contribution in [-0.4, -0.2) is 73.1 Å². The largest absolute Gasteiger partial charge is 0.361 e. The van der Waals surface area contributed by atoms with Crippen LogP contribution in [0, 0.1) is 6.92 Å². The number of anilines is 1. The predicted octanol–water partition coefficient (Wildman–Crippen LogP) is 2.32. The number of pyridine rings is 1. The molecule has 1 fully saturated rings. The SMILES string of the molecule is CN=C(NCCC(=O)N1CCN(c2ccccn2)CC1)NCCc1c[nH]c2cc(C)ccc12. The quantitative estimate of drug-likeness (QED) is 0.382. The molecule has 8 heteroatoms. The first-order valence-electron chi connectivity index (χ1n) is 11.6. The number of aliphatic imine (C=N–C) groups is 1. The molecule has 1 aromatic carbocycles. The molecule has 8 nitrogen and oxygen atoms in total. The highest BCUT2D eigenvalue weighted by Gasteiger charge is 2.21. The number of piperazine rings is 1. The van der Waals surface area contributed by atoms with Crippen LogP contribution in [0.4, 0.5) is 5.82 Å². The van der Waals surface area contributed by atoms with Crippen LogP contribution in [0.3, 0.4) is 0 Å². The molecule has 1 aliphatic heterocycles. The normalized spacial score (nSPS) is 14.5. The summed E-state index contributed by atoms with van der Waals surface area (Å²) in [7, 11) is 1.75. The van der Waals surface area contributed by atoms with Gasteiger partial charge in [0.15, 0.2) is 5.96 Å². The molecule has 3 aromatic rings. The Morgan fingerprint density at radius 3 is 2.70 bits per heavy atom. The minimum atomic E-state index is 0.174. The number of nitrogens with zero attached hydrogens (tertiary/aromatic N) is 4. The van der Waals surface area contributed by atoms with Crippen molar-refractivity contribution in [1.82, 2.24) is 25.5 Å². The monoisotopic (exact) mass is 447 g/mol. The summed E-state index contributed by atoms with van der Waals surface area (Å²) in [5.41, 5.74) is 3.71. The number of aromatic amines is 1. The summed E-state index contributed by atoms with van der Waals surface area (Å²) in [6, 6.07) is 12.4. The first-order chi connectivity index (χ1) is 16.1. The maximum atomic E-state index is 12.6. The van der Waals surface area contributed by atoms with Gasteiger partial charge in [0.05, 0.1) is 0 Å². The summed E-state index contributed by atoms with van der Waals surface area (Å²) in [6.07, 6.45) is 5.23. The van der Waals surface area contributed by atoms with Gasteiger partial charge in [-0.1, -0.05) is 18.2 Å². The van der Waals surface area contributed by atoms with E-state index in [1.54, 1.807) is 13.2 Å². The van der Waals surface area contributed by atoms with Gasteiger partial charge in [-0.15, -0.1) is 0 Å². The Labute approximate surface area is 195 Å². The van der Waals surface area contributed by atoms with Gasteiger partial charge in [-0.25, -0.2) is 4.98 Å². The minimum absolute atomic E-state index is 0.174. The van der Waals surface area contributed by atoms with E-state index in [1.165, 1.54) is 22.0 Å². The molecule has 0 bridgehead atoms. The van der Waals surface area contributed by atoms with Crippen LogP contribution >= 0.6 is 0 Å². The Kier molecular flexibility index (Phi) is 7.44. The second-order valence-electron chi connectivity index (χ2n) is 8.34. The molecule has 1 aliphatic rings. The first-order valence-corrected chi connectivity index (χ1v) is 11.6. The molecule has 0 saturated carbocycles. The summed E-state index contributed by atoms with van der Waals surface area (Å²) in [6.45, 7) is 6.51. The lowest BCUT2D eigenvalue weighted by molar-refractivity contribution is -0.131. The van der Waals surface area contributed by atoms with Gasteiger partial charge < -0.3 is 25.4 Å². The van der Waals surface area contributed by atoms with Gasteiger partial charge >= 0.3 is 0 Å². The van der Waals surface area contributed by atoms with E-state index >= 15 is 0 Å². The van der Waals surface area contributed by atoms with Crippen molar-refractivity contribution in [1.29, 1.82) is 0 Å². The number of hydrogen-bond donors (Lipinski definition) is 3. The van der Waals surface area contributed by atoms with Crippen LogP contribution in [0.5, 0.6) is 0 Å². The number of nitrogens with one attached hydrogen (secondary N) is 3. The molecular formula is C25H33N7O. The maximum Gasteiger partial charge on any atom is 0.224 e. The zero-order valence-electron chi connectivity index (χ0n) is 19.5. The molecular weight excluding hydrogens is 414 g/mol. The Morgan fingerprint density at radius 1 is 1.12 bits per heavy atom. The number of carbonyl (C=O) groups excluding carboxylic acids is 1. The highest BCUT2D eigenvalue weighted by atomic mass is 16.2. The van der Waals surface area contributed by atoms with Crippen molar-refractivity contribution in [3.8, 4) is 0 Å². The van der Waals surface area contributed by atoms with E-state index in [0.29, 0.717) is 13.0 Å². The zero-order chi connectivity index (χ0) is 23.0. The highest BCUT2D eigenvalue weighted by molar-refractivity contribution is 5.84. The second kappa shape index (κ2) is 10.8. The van der Waals surface area contributed by atoms with Crippen LogP contribution in [0.1, 0.15) is 17.5 Å². The topological polar surface area (TPSA) is 88.7 Å². The number of amides is 1. The van der Waals surface area contributed by atoms with Crippen molar-refractivity contribution >= 4 is 28.6 Å². The molecule has 0 unspecified atom stereocenters. The van der Waals surface area contributed by atoms with E-state index in [9.17, 15) is 4.79 Å². The third-order valence-corrected chi connectivity index (χ3v) is 6.07. The average molecular weight is 448 g/mol. The van der Waals surface area contributed by atoms with Crippen molar-refractivity contribution in [2.24, 2.45) is 4.99 Å². The maximum absolute atomic E-state index is 12.6. The molecule has 3 N–H and O–H groups in total. The number of aryl methyl sites for hydroxylation is 1. The minimum Gasteiger partial charge on any atom is -0.361 e. The second-order valence-corrected chi connectivity index (χ2v) is 8.34. The van der Waals surface area contributed by atoms with Crippen molar-refractivity contribution in [2.45, 2.75) is 19.8 Å².